The predicted octanol–water partition coefficient (Wildman–Crippen LogP) is 5.38. The maximum absolute atomic E-state index is 14.3. The van der Waals surface area contributed by atoms with Crippen LogP contribution >= 0.6 is 27.5 Å². The van der Waals surface area contributed by atoms with E-state index in [9.17, 15) is 17.2 Å². The second kappa shape index (κ2) is 8.47. The first kappa shape index (κ1) is 20.1. The van der Waals surface area contributed by atoms with Crippen molar-refractivity contribution in [2.45, 2.75) is 30.7 Å². The third-order valence-corrected chi connectivity index (χ3v) is 6.43. The molecule has 0 bridgehead atoms. The van der Waals surface area contributed by atoms with Crippen LogP contribution in [0.4, 0.5) is 14.5 Å². The first-order valence-corrected chi connectivity index (χ1v) is 10.5. The largest absolute Gasteiger partial charge is 0.264 e. The molecule has 136 valence electrons. The van der Waals surface area contributed by atoms with Gasteiger partial charge in [-0.05, 0) is 56.2 Å². The molecule has 0 heterocycles. The molecule has 0 amide bonds. The van der Waals surface area contributed by atoms with Gasteiger partial charge in [0.1, 0.15) is 11.6 Å². The number of alkyl halides is 1. The highest BCUT2D eigenvalue weighted by Gasteiger charge is 2.31. The standard InChI is InChI=1S/C17H17BrClF2NO2S/c1-12(3-2-10-18)22(17-11-14(20)6-9-16(17)21)25(23,24)15-7-4-13(19)5-8-15/h4-9,11-12H,2-3,10H2,1H3. The second-order valence-corrected chi connectivity index (χ2v) is 8.58. The molecule has 3 nitrogen and oxygen atoms in total. The molecule has 2 aromatic rings. The Kier molecular flexibility index (Phi) is 6.82. The summed E-state index contributed by atoms with van der Waals surface area (Å²) >= 11 is 9.11. The van der Waals surface area contributed by atoms with Crippen LogP contribution in [0.1, 0.15) is 19.8 Å². The number of hydrogen-bond acceptors (Lipinski definition) is 2. The molecule has 0 aliphatic carbocycles. The number of anilines is 1. The summed E-state index contributed by atoms with van der Waals surface area (Å²) < 4.78 is 55.1. The number of nitrogens with zero attached hydrogens (tertiary/aromatic N) is 1. The fraction of sp³-hybridized carbons (Fsp3) is 0.294. The summed E-state index contributed by atoms with van der Waals surface area (Å²) in [7, 11) is -4.09. The van der Waals surface area contributed by atoms with Crippen LogP contribution in [-0.2, 0) is 10.0 Å². The number of benzene rings is 2. The Bertz CT molecular complexity index is 831. The van der Waals surface area contributed by atoms with Gasteiger partial charge in [-0.2, -0.15) is 0 Å². The molecule has 1 unspecified atom stereocenters. The molecule has 0 aliphatic rings. The topological polar surface area (TPSA) is 37.4 Å². The van der Waals surface area contributed by atoms with E-state index in [4.69, 9.17) is 11.6 Å². The Morgan fingerprint density at radius 3 is 2.40 bits per heavy atom. The minimum absolute atomic E-state index is 0.0359. The number of rotatable bonds is 7. The molecular formula is C17H17BrClF2NO2S. The van der Waals surface area contributed by atoms with Crippen LogP contribution in [0.3, 0.4) is 0 Å². The number of halogens is 4. The van der Waals surface area contributed by atoms with E-state index in [1.807, 2.05) is 0 Å². The molecule has 2 rings (SSSR count). The van der Waals surface area contributed by atoms with Gasteiger partial charge in [-0.15, -0.1) is 0 Å². The number of sulfonamides is 1. The minimum atomic E-state index is -4.09. The Balaban J connectivity index is 2.57. The summed E-state index contributed by atoms with van der Waals surface area (Å²) in [5.41, 5.74) is -0.308. The van der Waals surface area contributed by atoms with Crippen LogP contribution in [0.15, 0.2) is 47.4 Å². The first-order valence-electron chi connectivity index (χ1n) is 7.58. The zero-order valence-corrected chi connectivity index (χ0v) is 16.6. The smallest absolute Gasteiger partial charge is 0.260 e. The van der Waals surface area contributed by atoms with E-state index in [2.05, 4.69) is 15.9 Å². The molecule has 0 N–H and O–H groups in total. The van der Waals surface area contributed by atoms with Crippen LogP contribution in [-0.4, -0.2) is 19.8 Å². The Hall–Kier alpha value is -1.18. The molecule has 0 aliphatic heterocycles. The first-order chi connectivity index (χ1) is 11.8. The van der Waals surface area contributed by atoms with E-state index in [0.29, 0.717) is 23.2 Å². The summed E-state index contributed by atoms with van der Waals surface area (Å²) in [6.07, 6.45) is 1.17. The van der Waals surface area contributed by atoms with Crippen LogP contribution in [0, 0.1) is 11.6 Å². The van der Waals surface area contributed by atoms with Gasteiger partial charge in [-0.1, -0.05) is 27.5 Å². The van der Waals surface area contributed by atoms with Crippen LogP contribution in [0.5, 0.6) is 0 Å². The molecule has 0 saturated heterocycles. The molecule has 25 heavy (non-hydrogen) atoms. The zero-order chi connectivity index (χ0) is 18.6. The lowest BCUT2D eigenvalue weighted by Crippen LogP contribution is -2.39. The summed E-state index contributed by atoms with van der Waals surface area (Å²) in [6, 6.07) is 7.79. The van der Waals surface area contributed by atoms with E-state index in [-0.39, 0.29) is 10.6 Å². The van der Waals surface area contributed by atoms with Gasteiger partial charge < -0.3 is 0 Å². The van der Waals surface area contributed by atoms with Crippen molar-refractivity contribution in [2.75, 3.05) is 9.64 Å². The third kappa shape index (κ3) is 4.71. The van der Waals surface area contributed by atoms with E-state index in [1.165, 1.54) is 24.3 Å². The summed E-state index contributed by atoms with van der Waals surface area (Å²) in [4.78, 5) is -0.0359. The molecule has 8 heteroatoms. The lowest BCUT2D eigenvalue weighted by Gasteiger charge is -2.31. The van der Waals surface area contributed by atoms with Gasteiger partial charge >= 0.3 is 0 Å². The van der Waals surface area contributed by atoms with Crippen LogP contribution in [0.25, 0.3) is 0 Å². The maximum atomic E-state index is 14.3. The molecular weight excluding hydrogens is 436 g/mol. The SMILES string of the molecule is CC(CCCBr)N(c1cc(F)ccc1F)S(=O)(=O)c1ccc(Cl)cc1. The minimum Gasteiger partial charge on any atom is -0.260 e. The summed E-state index contributed by atoms with van der Waals surface area (Å²) in [5, 5.41) is 1.06. The van der Waals surface area contributed by atoms with Gasteiger partial charge in [0, 0.05) is 22.5 Å². The maximum Gasteiger partial charge on any atom is 0.264 e. The van der Waals surface area contributed by atoms with Gasteiger partial charge in [-0.25, -0.2) is 17.2 Å². The average Bonchev–Trinajstić information content (AvgIpc) is 2.56. The summed E-state index contributed by atoms with van der Waals surface area (Å²) in [5.74, 6) is -1.51. The van der Waals surface area contributed by atoms with Crippen molar-refractivity contribution >= 4 is 43.2 Å². The molecule has 2 aromatic carbocycles. The van der Waals surface area contributed by atoms with E-state index in [0.717, 1.165) is 22.5 Å². The highest BCUT2D eigenvalue weighted by Crippen LogP contribution is 2.31. The Morgan fingerprint density at radius 2 is 1.80 bits per heavy atom. The monoisotopic (exact) mass is 451 g/mol. The zero-order valence-electron chi connectivity index (χ0n) is 13.4. The van der Waals surface area contributed by atoms with Gasteiger partial charge in [0.2, 0.25) is 0 Å². The number of hydrogen-bond donors (Lipinski definition) is 0. The fourth-order valence-corrected chi connectivity index (χ4v) is 4.60. The van der Waals surface area contributed by atoms with E-state index < -0.39 is 27.7 Å². The Labute approximate surface area is 159 Å². The molecule has 0 fully saturated rings. The van der Waals surface area contributed by atoms with Crippen molar-refractivity contribution in [1.82, 2.24) is 0 Å². The predicted molar refractivity (Wildman–Crippen MR) is 100.0 cm³/mol. The van der Waals surface area contributed by atoms with E-state index >= 15 is 0 Å². The molecule has 1 atom stereocenters. The van der Waals surface area contributed by atoms with Crippen LogP contribution < -0.4 is 4.31 Å². The van der Waals surface area contributed by atoms with Gasteiger partial charge in [0.05, 0.1) is 10.6 Å². The molecule has 0 radical (unpaired) electrons. The van der Waals surface area contributed by atoms with Crippen molar-refractivity contribution in [1.29, 1.82) is 0 Å². The van der Waals surface area contributed by atoms with Gasteiger partial charge in [0.15, 0.2) is 0 Å². The van der Waals surface area contributed by atoms with Gasteiger partial charge in [0.25, 0.3) is 10.0 Å². The van der Waals surface area contributed by atoms with Crippen molar-refractivity contribution in [2.24, 2.45) is 0 Å². The summed E-state index contributed by atoms with van der Waals surface area (Å²) in [6.45, 7) is 1.67. The van der Waals surface area contributed by atoms with Crippen molar-refractivity contribution in [3.63, 3.8) is 0 Å². The molecule has 0 spiro atoms. The molecule has 0 aromatic heterocycles. The van der Waals surface area contributed by atoms with Crippen LogP contribution in [0.2, 0.25) is 5.02 Å². The van der Waals surface area contributed by atoms with Crippen molar-refractivity contribution in [3.05, 3.63) is 59.1 Å². The lowest BCUT2D eigenvalue weighted by molar-refractivity contribution is 0.557. The van der Waals surface area contributed by atoms with Crippen molar-refractivity contribution in [3.8, 4) is 0 Å². The van der Waals surface area contributed by atoms with Crippen molar-refractivity contribution < 1.29 is 17.2 Å². The van der Waals surface area contributed by atoms with Gasteiger partial charge in [-0.3, -0.25) is 4.31 Å². The average molecular weight is 453 g/mol. The fourth-order valence-electron chi connectivity index (χ4n) is 2.47. The lowest BCUT2D eigenvalue weighted by atomic mass is 10.2. The quantitative estimate of drug-likeness (QED) is 0.529. The highest BCUT2D eigenvalue weighted by atomic mass is 79.9. The second-order valence-electron chi connectivity index (χ2n) is 5.53. The Morgan fingerprint density at radius 1 is 1.16 bits per heavy atom. The van der Waals surface area contributed by atoms with E-state index in [1.54, 1.807) is 6.92 Å². The molecule has 0 saturated carbocycles. The highest BCUT2D eigenvalue weighted by molar-refractivity contribution is 9.09. The normalized spacial score (nSPS) is 12.8. The third-order valence-electron chi connectivity index (χ3n) is 3.67.